The number of nitrogens with one attached hydrogen (secondary N) is 1. The maximum atomic E-state index is 13.1. The smallest absolute Gasteiger partial charge is 0.310 e. The fourth-order valence-electron chi connectivity index (χ4n) is 5.63. The largest absolute Gasteiger partial charge is 0.398 e. The first-order valence-electron chi connectivity index (χ1n) is 12.5. The number of likely N-dealkylation sites (tertiary alicyclic amines) is 1. The zero-order chi connectivity index (χ0) is 27.4. The van der Waals surface area contributed by atoms with Crippen LogP contribution in [0.25, 0.3) is 11.2 Å². The molecule has 7 nitrogen and oxygen atoms in total. The third-order valence-electron chi connectivity index (χ3n) is 7.71. The lowest BCUT2D eigenvalue weighted by Crippen LogP contribution is -2.38. The second-order valence-corrected chi connectivity index (χ2v) is 12.6. The maximum absolute atomic E-state index is 13.1. The number of nitrogen functional groups attached to an aromatic ring is 1. The Balaban J connectivity index is 1.30. The molecule has 2 aliphatic rings. The van der Waals surface area contributed by atoms with Crippen LogP contribution in [-0.2, 0) is 4.74 Å². The number of fused-ring (bicyclic) bond motifs is 1. The number of carbonyl (C=O) groups excluding carboxylic acids is 1. The van der Waals surface area contributed by atoms with Crippen molar-refractivity contribution < 1.29 is 29.0 Å². The third kappa shape index (κ3) is 5.31. The van der Waals surface area contributed by atoms with Crippen LogP contribution in [0.2, 0.25) is 0 Å². The van der Waals surface area contributed by atoms with Gasteiger partial charge in [-0.15, -0.1) is 0 Å². The number of aromatic amines is 1. The van der Waals surface area contributed by atoms with Crippen molar-refractivity contribution in [3.63, 3.8) is 0 Å². The van der Waals surface area contributed by atoms with Crippen LogP contribution in [0.5, 0.6) is 0 Å². The topological polar surface area (TPSA) is 97.1 Å². The molecule has 5 rings (SSSR count). The van der Waals surface area contributed by atoms with Crippen LogP contribution >= 0.6 is 10.2 Å². The van der Waals surface area contributed by atoms with Gasteiger partial charge in [-0.1, -0.05) is 25.8 Å². The summed E-state index contributed by atoms with van der Waals surface area (Å²) in [6, 6.07) is 3.05. The van der Waals surface area contributed by atoms with E-state index in [2.05, 4.69) is 9.97 Å². The number of methoxy groups -OCH3 is 1. The quantitative estimate of drug-likeness (QED) is 0.262. The van der Waals surface area contributed by atoms with Crippen molar-refractivity contribution in [3.05, 3.63) is 47.4 Å². The minimum absolute atomic E-state index is 0.115. The second kappa shape index (κ2) is 8.80. The number of aromatic nitrogens is 3. The van der Waals surface area contributed by atoms with Crippen molar-refractivity contribution in [2.75, 3.05) is 25.9 Å². The molecule has 38 heavy (non-hydrogen) atoms. The second-order valence-electron chi connectivity index (χ2n) is 10.2. The molecule has 1 aliphatic carbocycles. The van der Waals surface area contributed by atoms with Gasteiger partial charge in [-0.25, -0.2) is 9.97 Å². The fourth-order valence-corrected chi connectivity index (χ4v) is 6.30. The molecule has 2 atom stereocenters. The number of pyridine rings is 1. The summed E-state index contributed by atoms with van der Waals surface area (Å²) in [5.74, 6) is 0.707. The van der Waals surface area contributed by atoms with Gasteiger partial charge < -0.3 is 20.4 Å². The molecule has 2 aromatic heterocycles. The third-order valence-corrected chi connectivity index (χ3v) is 8.85. The van der Waals surface area contributed by atoms with Gasteiger partial charge in [-0.05, 0) is 67.9 Å². The summed E-state index contributed by atoms with van der Waals surface area (Å²) in [5, 5.41) is 0. The summed E-state index contributed by atoms with van der Waals surface area (Å²) in [6.45, 7) is 0.685. The summed E-state index contributed by atoms with van der Waals surface area (Å²) in [5.41, 5.74) is 7.35. The molecule has 3 N–H and O–H groups in total. The molecule has 0 bridgehead atoms. The van der Waals surface area contributed by atoms with Crippen molar-refractivity contribution >= 4 is 33.0 Å². The number of halogens is 5. The number of amides is 1. The Morgan fingerprint density at radius 2 is 1.82 bits per heavy atom. The van der Waals surface area contributed by atoms with Crippen LogP contribution in [0.15, 0.2) is 35.4 Å². The number of benzene rings is 1. The first-order valence-corrected chi connectivity index (χ1v) is 14.5. The molecular formula is C25H30F5N5O2S. The van der Waals surface area contributed by atoms with Crippen LogP contribution in [0, 0.1) is 0 Å². The zero-order valence-corrected chi connectivity index (χ0v) is 21.6. The van der Waals surface area contributed by atoms with Gasteiger partial charge >= 0.3 is 10.2 Å². The van der Waals surface area contributed by atoms with E-state index in [1.54, 1.807) is 13.3 Å². The predicted molar refractivity (Wildman–Crippen MR) is 136 cm³/mol. The number of piperidine rings is 1. The molecule has 1 saturated heterocycles. The predicted octanol–water partition coefficient (Wildman–Crippen LogP) is 6.89. The Morgan fingerprint density at radius 1 is 1.08 bits per heavy atom. The van der Waals surface area contributed by atoms with Gasteiger partial charge in [0.15, 0.2) is 5.65 Å². The average molecular weight is 560 g/mol. The van der Waals surface area contributed by atoms with E-state index in [9.17, 15) is 24.2 Å². The fraction of sp³-hybridized carbons (Fsp3) is 0.480. The summed E-state index contributed by atoms with van der Waals surface area (Å²) < 4.78 is 71.1. The Labute approximate surface area is 216 Å². The number of hydrogen-bond acceptors (Lipinski definition) is 5. The molecule has 1 amide bonds. The van der Waals surface area contributed by atoms with Crippen LogP contribution in [0.1, 0.15) is 72.1 Å². The molecule has 1 aliphatic heterocycles. The van der Waals surface area contributed by atoms with Gasteiger partial charge in [0.05, 0.1) is 17.2 Å². The van der Waals surface area contributed by atoms with Crippen molar-refractivity contribution in [1.82, 2.24) is 19.9 Å². The maximum Gasteiger partial charge on any atom is 0.310 e. The minimum Gasteiger partial charge on any atom is -0.398 e. The van der Waals surface area contributed by atoms with Gasteiger partial charge in [0.1, 0.15) is 10.7 Å². The summed E-state index contributed by atoms with van der Waals surface area (Å²) >= 11 is 0. The Hall–Kier alpha value is -2.93. The van der Waals surface area contributed by atoms with Crippen LogP contribution in [0.4, 0.5) is 25.1 Å². The van der Waals surface area contributed by atoms with Crippen molar-refractivity contribution in [2.45, 2.75) is 61.4 Å². The lowest BCUT2D eigenvalue weighted by Gasteiger charge is -2.40. The standard InChI is InChI=1S/C25H30F5N5O2S/c1-37-17-4-2-3-16(13-17)23-33-22-19(7-10-32-24(22)34-23)15-8-11-35(12-9-15)25(36)20-6-5-18(14-21(20)31)38(26,27,28,29)30/h5-7,10,14-17H,2-4,8-9,11-13,31H2,1H3,(H,32,33,34)/t16-,17-/m0/s1. The van der Waals surface area contributed by atoms with Crippen molar-refractivity contribution in [3.8, 4) is 0 Å². The number of imidazole rings is 1. The lowest BCUT2D eigenvalue weighted by molar-refractivity contribution is 0.0625. The highest BCUT2D eigenvalue weighted by Gasteiger charge is 2.65. The SMILES string of the molecule is CO[C@H]1CCC[C@H](c2nc3nccc(C4CCN(C(=O)c5ccc(S(F)(F)(F)(F)F)cc5N)CC4)c3[nH]2)C1. The summed E-state index contributed by atoms with van der Waals surface area (Å²) in [7, 11) is -8.16. The van der Waals surface area contributed by atoms with E-state index in [0.29, 0.717) is 31.6 Å². The molecule has 3 aromatic rings. The normalized spacial score (nSPS) is 23.3. The highest BCUT2D eigenvalue weighted by molar-refractivity contribution is 8.45. The van der Waals surface area contributed by atoms with Crippen molar-refractivity contribution in [1.29, 1.82) is 0 Å². The number of H-pyrrole nitrogens is 1. The highest BCUT2D eigenvalue weighted by Crippen LogP contribution is 3.02. The van der Waals surface area contributed by atoms with Gasteiger partial charge in [-0.2, -0.15) is 0 Å². The number of ether oxygens (including phenoxy) is 1. The summed E-state index contributed by atoms with van der Waals surface area (Å²) in [6.07, 6.45) is 7.20. The Bertz CT molecular complexity index is 1370. The number of rotatable bonds is 5. The molecule has 208 valence electrons. The Morgan fingerprint density at radius 3 is 2.47 bits per heavy atom. The molecule has 1 saturated carbocycles. The number of hydrogen-bond donors (Lipinski definition) is 2. The molecule has 13 heteroatoms. The highest BCUT2D eigenvalue weighted by atomic mass is 32.5. The molecule has 0 unspecified atom stereocenters. The van der Waals surface area contributed by atoms with E-state index < -0.39 is 26.7 Å². The minimum atomic E-state index is -9.89. The monoisotopic (exact) mass is 559 g/mol. The van der Waals surface area contributed by atoms with Crippen LogP contribution in [-0.4, -0.2) is 52.1 Å². The van der Waals surface area contributed by atoms with Crippen molar-refractivity contribution in [2.24, 2.45) is 0 Å². The van der Waals surface area contributed by atoms with E-state index in [0.717, 1.165) is 48.7 Å². The number of nitrogens with two attached hydrogens (primary N) is 1. The first kappa shape index (κ1) is 26.7. The van der Waals surface area contributed by atoms with E-state index in [-0.39, 0.29) is 35.6 Å². The van der Waals surface area contributed by atoms with Gasteiger partial charge in [0, 0.05) is 38.0 Å². The molecule has 0 radical (unpaired) electrons. The molecule has 0 spiro atoms. The van der Waals surface area contributed by atoms with Gasteiger partial charge in [0.2, 0.25) is 0 Å². The van der Waals surface area contributed by atoms with E-state index in [1.807, 2.05) is 6.07 Å². The number of nitrogens with zero attached hydrogens (tertiary/aromatic N) is 3. The summed E-state index contributed by atoms with van der Waals surface area (Å²) in [4.78, 5) is 25.0. The average Bonchev–Trinajstić information content (AvgIpc) is 3.32. The number of anilines is 1. The van der Waals surface area contributed by atoms with E-state index in [1.165, 1.54) is 4.90 Å². The molecule has 3 heterocycles. The zero-order valence-electron chi connectivity index (χ0n) is 20.8. The first-order chi connectivity index (χ1) is 17.7. The molecular weight excluding hydrogens is 529 g/mol. The van der Waals surface area contributed by atoms with Gasteiger partial charge in [-0.3, -0.25) is 4.79 Å². The number of carbonyl (C=O) groups is 1. The Kier molecular flexibility index (Phi) is 6.18. The van der Waals surface area contributed by atoms with E-state index in [4.69, 9.17) is 15.5 Å². The van der Waals surface area contributed by atoms with Crippen LogP contribution < -0.4 is 5.73 Å². The molecule has 2 fully saturated rings. The molecule has 1 aromatic carbocycles. The van der Waals surface area contributed by atoms with E-state index >= 15 is 0 Å². The van der Waals surface area contributed by atoms with Gasteiger partial charge in [0.25, 0.3) is 5.91 Å². The van der Waals surface area contributed by atoms with Crippen LogP contribution in [0.3, 0.4) is 0 Å². The lowest BCUT2D eigenvalue weighted by atomic mass is 9.86.